The summed E-state index contributed by atoms with van der Waals surface area (Å²) in [5.74, 6) is 0.675. The topological polar surface area (TPSA) is 68.3 Å². The zero-order chi connectivity index (χ0) is 19.2. The maximum atomic E-state index is 14.2. The molecule has 8 heteroatoms. The van der Waals surface area contributed by atoms with Crippen molar-refractivity contribution in [3.63, 3.8) is 0 Å². The molecule has 142 valence electrons. The van der Waals surface area contributed by atoms with E-state index in [0.29, 0.717) is 36.8 Å². The van der Waals surface area contributed by atoms with Crippen molar-refractivity contribution >= 4 is 34.0 Å². The van der Waals surface area contributed by atoms with Crippen LogP contribution in [0.25, 0.3) is 10.9 Å². The lowest BCUT2D eigenvalue weighted by molar-refractivity contribution is 0.199. The molecule has 0 unspecified atom stereocenters. The van der Waals surface area contributed by atoms with Gasteiger partial charge in [-0.25, -0.2) is 14.4 Å². The summed E-state index contributed by atoms with van der Waals surface area (Å²) in [5.41, 5.74) is 1.87. The van der Waals surface area contributed by atoms with E-state index in [4.69, 9.17) is 21.1 Å². The Hall–Kier alpha value is -2.48. The third-order valence-electron chi connectivity index (χ3n) is 4.04. The van der Waals surface area contributed by atoms with E-state index in [1.165, 1.54) is 12.4 Å². The average molecular weight is 391 g/mol. The quantitative estimate of drug-likeness (QED) is 0.568. The van der Waals surface area contributed by atoms with Crippen molar-refractivity contribution in [3.8, 4) is 5.75 Å². The standard InChI is InChI=1S/C19H20ClFN4O2/c1-26-7-6-22-10-12-8-13-16(9-17(12)27-2)23-11-24-19(13)25-15-5-3-4-14(20)18(15)21/h3-5,8-9,11,22H,6-7,10H2,1-2H3,(H,23,24,25). The van der Waals surface area contributed by atoms with Crippen LogP contribution in [0.1, 0.15) is 5.56 Å². The normalized spacial score (nSPS) is 11.0. The van der Waals surface area contributed by atoms with Crippen LogP contribution in [0.5, 0.6) is 5.75 Å². The molecular weight excluding hydrogens is 371 g/mol. The highest BCUT2D eigenvalue weighted by Gasteiger charge is 2.13. The zero-order valence-corrected chi connectivity index (χ0v) is 15.8. The smallest absolute Gasteiger partial charge is 0.165 e. The second kappa shape index (κ2) is 8.94. The van der Waals surface area contributed by atoms with Crippen LogP contribution in [-0.2, 0) is 11.3 Å². The second-order valence-electron chi connectivity index (χ2n) is 5.80. The van der Waals surface area contributed by atoms with Gasteiger partial charge < -0.3 is 20.1 Å². The number of halogens is 2. The van der Waals surface area contributed by atoms with E-state index in [2.05, 4.69) is 20.6 Å². The molecule has 0 bridgehead atoms. The number of hydrogen-bond donors (Lipinski definition) is 2. The lowest BCUT2D eigenvalue weighted by Gasteiger charge is -2.14. The number of methoxy groups -OCH3 is 2. The number of benzene rings is 2. The third kappa shape index (κ3) is 4.44. The molecule has 0 aliphatic rings. The lowest BCUT2D eigenvalue weighted by atomic mass is 10.1. The maximum absolute atomic E-state index is 14.2. The Morgan fingerprint density at radius 2 is 2.04 bits per heavy atom. The summed E-state index contributed by atoms with van der Waals surface area (Å²) in [4.78, 5) is 8.56. The van der Waals surface area contributed by atoms with E-state index in [0.717, 1.165) is 10.9 Å². The molecule has 0 fully saturated rings. The van der Waals surface area contributed by atoms with Crippen LogP contribution in [0.3, 0.4) is 0 Å². The molecule has 27 heavy (non-hydrogen) atoms. The van der Waals surface area contributed by atoms with Crippen LogP contribution in [-0.4, -0.2) is 37.3 Å². The Morgan fingerprint density at radius 3 is 2.81 bits per heavy atom. The van der Waals surface area contributed by atoms with E-state index in [1.54, 1.807) is 26.4 Å². The number of hydrogen-bond acceptors (Lipinski definition) is 6. The number of nitrogens with one attached hydrogen (secondary N) is 2. The molecule has 1 heterocycles. The van der Waals surface area contributed by atoms with Gasteiger partial charge in [-0.15, -0.1) is 0 Å². The second-order valence-corrected chi connectivity index (χ2v) is 6.21. The maximum Gasteiger partial charge on any atom is 0.165 e. The molecule has 0 radical (unpaired) electrons. The van der Waals surface area contributed by atoms with Crippen molar-refractivity contribution in [1.82, 2.24) is 15.3 Å². The Balaban J connectivity index is 1.97. The molecule has 6 nitrogen and oxygen atoms in total. The molecule has 0 aliphatic carbocycles. The zero-order valence-electron chi connectivity index (χ0n) is 15.1. The highest BCUT2D eigenvalue weighted by molar-refractivity contribution is 6.31. The van der Waals surface area contributed by atoms with E-state index >= 15 is 0 Å². The molecular formula is C19H20ClFN4O2. The first kappa shape index (κ1) is 19.3. The Kier molecular flexibility index (Phi) is 6.39. The number of aromatic nitrogens is 2. The van der Waals surface area contributed by atoms with Gasteiger partial charge >= 0.3 is 0 Å². The first-order chi connectivity index (χ1) is 13.1. The van der Waals surface area contributed by atoms with Crippen LogP contribution in [0, 0.1) is 5.82 Å². The van der Waals surface area contributed by atoms with Gasteiger partial charge in [-0.1, -0.05) is 17.7 Å². The van der Waals surface area contributed by atoms with Crippen LogP contribution in [0.4, 0.5) is 15.9 Å². The summed E-state index contributed by atoms with van der Waals surface area (Å²) in [6, 6.07) is 8.54. The fourth-order valence-corrected chi connectivity index (χ4v) is 2.86. The molecule has 0 saturated heterocycles. The number of nitrogens with zero attached hydrogens (tertiary/aromatic N) is 2. The van der Waals surface area contributed by atoms with Crippen molar-refractivity contribution in [2.45, 2.75) is 6.54 Å². The monoisotopic (exact) mass is 390 g/mol. The van der Waals surface area contributed by atoms with Crippen molar-refractivity contribution in [1.29, 1.82) is 0 Å². The third-order valence-corrected chi connectivity index (χ3v) is 4.33. The highest BCUT2D eigenvalue weighted by atomic mass is 35.5. The number of fused-ring (bicyclic) bond motifs is 1. The summed E-state index contributed by atoms with van der Waals surface area (Å²) in [5, 5.41) is 7.09. The van der Waals surface area contributed by atoms with Gasteiger partial charge in [0.15, 0.2) is 5.82 Å². The SMILES string of the molecule is COCCNCc1cc2c(Nc3cccc(Cl)c3F)ncnc2cc1OC. The summed E-state index contributed by atoms with van der Waals surface area (Å²) < 4.78 is 24.8. The van der Waals surface area contributed by atoms with Gasteiger partial charge in [0.25, 0.3) is 0 Å². The number of anilines is 2. The van der Waals surface area contributed by atoms with E-state index in [9.17, 15) is 4.39 Å². The molecule has 2 aromatic carbocycles. The van der Waals surface area contributed by atoms with Crippen molar-refractivity contribution in [2.75, 3.05) is 32.7 Å². The number of rotatable bonds is 8. The minimum atomic E-state index is -0.527. The molecule has 0 amide bonds. The van der Waals surface area contributed by atoms with Crippen LogP contribution in [0.15, 0.2) is 36.7 Å². The van der Waals surface area contributed by atoms with Gasteiger partial charge in [-0.2, -0.15) is 0 Å². The van der Waals surface area contributed by atoms with Gasteiger partial charge in [-0.05, 0) is 18.2 Å². The molecule has 3 aromatic rings. The van der Waals surface area contributed by atoms with Gasteiger partial charge in [0, 0.05) is 37.2 Å². The van der Waals surface area contributed by atoms with Gasteiger partial charge in [0.2, 0.25) is 0 Å². The largest absolute Gasteiger partial charge is 0.496 e. The van der Waals surface area contributed by atoms with E-state index in [-0.39, 0.29) is 10.7 Å². The first-order valence-corrected chi connectivity index (χ1v) is 8.74. The van der Waals surface area contributed by atoms with Crippen LogP contribution < -0.4 is 15.4 Å². The molecule has 1 aromatic heterocycles. The molecule has 0 saturated carbocycles. The van der Waals surface area contributed by atoms with E-state index in [1.807, 2.05) is 12.1 Å². The fraction of sp³-hybridized carbons (Fsp3) is 0.263. The number of ether oxygens (including phenoxy) is 2. The summed E-state index contributed by atoms with van der Waals surface area (Å²) in [7, 11) is 3.27. The van der Waals surface area contributed by atoms with Gasteiger partial charge in [-0.3, -0.25) is 0 Å². The minimum Gasteiger partial charge on any atom is -0.496 e. The predicted octanol–water partition coefficient (Wildman–Crippen LogP) is 3.91. The Labute approximate surface area is 161 Å². The van der Waals surface area contributed by atoms with E-state index < -0.39 is 5.82 Å². The summed E-state index contributed by atoms with van der Waals surface area (Å²) >= 11 is 5.86. The van der Waals surface area contributed by atoms with Gasteiger partial charge in [0.05, 0.1) is 29.9 Å². The fourth-order valence-electron chi connectivity index (χ4n) is 2.68. The summed E-state index contributed by atoms with van der Waals surface area (Å²) in [6.45, 7) is 1.91. The Bertz CT molecular complexity index is 939. The lowest BCUT2D eigenvalue weighted by Crippen LogP contribution is -2.19. The molecule has 2 N–H and O–H groups in total. The minimum absolute atomic E-state index is 0.0445. The Morgan fingerprint density at radius 1 is 1.19 bits per heavy atom. The van der Waals surface area contributed by atoms with Gasteiger partial charge in [0.1, 0.15) is 17.9 Å². The van der Waals surface area contributed by atoms with Crippen LogP contribution in [0.2, 0.25) is 5.02 Å². The molecule has 0 spiro atoms. The first-order valence-electron chi connectivity index (χ1n) is 8.36. The predicted molar refractivity (Wildman–Crippen MR) is 104 cm³/mol. The average Bonchev–Trinajstić information content (AvgIpc) is 2.68. The summed E-state index contributed by atoms with van der Waals surface area (Å²) in [6.07, 6.45) is 1.42. The van der Waals surface area contributed by atoms with Crippen molar-refractivity contribution in [3.05, 3.63) is 53.1 Å². The highest BCUT2D eigenvalue weighted by Crippen LogP contribution is 2.31. The molecule has 3 rings (SSSR count). The van der Waals surface area contributed by atoms with Crippen LogP contribution >= 0.6 is 11.6 Å². The van der Waals surface area contributed by atoms with Crippen molar-refractivity contribution < 1.29 is 13.9 Å². The molecule has 0 aliphatic heterocycles. The van der Waals surface area contributed by atoms with Crippen molar-refractivity contribution in [2.24, 2.45) is 0 Å². The molecule has 0 atom stereocenters.